The molecule has 0 aliphatic rings. The minimum atomic E-state index is -0.243. The van der Waals surface area contributed by atoms with Crippen LogP contribution in [0.5, 0.6) is 17.2 Å². The third-order valence-electron chi connectivity index (χ3n) is 3.98. The van der Waals surface area contributed by atoms with Crippen molar-refractivity contribution in [3.05, 3.63) is 47.5 Å². The number of hydrogen-bond donors (Lipinski definition) is 2. The first-order chi connectivity index (χ1) is 11.7. The van der Waals surface area contributed by atoms with Gasteiger partial charge in [0.05, 0.1) is 26.3 Å². The van der Waals surface area contributed by atoms with E-state index in [0.717, 1.165) is 5.56 Å². The van der Waals surface area contributed by atoms with Gasteiger partial charge in [0.25, 0.3) is 0 Å². The van der Waals surface area contributed by atoms with Gasteiger partial charge in [-0.3, -0.25) is 4.79 Å². The molecule has 0 bridgehead atoms. The van der Waals surface area contributed by atoms with E-state index in [-0.39, 0.29) is 23.5 Å². The molecule has 2 aromatic rings. The Bertz CT molecular complexity index is 763. The number of methoxy groups -OCH3 is 2. The Morgan fingerprint density at radius 2 is 1.80 bits per heavy atom. The molecule has 0 saturated heterocycles. The molecule has 2 rings (SSSR count). The van der Waals surface area contributed by atoms with Crippen LogP contribution in [0.3, 0.4) is 0 Å². The number of ether oxygens (including phenoxy) is 2. The third-order valence-corrected chi connectivity index (χ3v) is 3.98. The van der Waals surface area contributed by atoms with E-state index >= 15 is 0 Å². The van der Waals surface area contributed by atoms with Crippen molar-refractivity contribution in [1.29, 1.82) is 0 Å². The van der Waals surface area contributed by atoms with Crippen molar-refractivity contribution >= 4 is 11.6 Å². The largest absolute Gasteiger partial charge is 0.506 e. The number of amides is 1. The summed E-state index contributed by atoms with van der Waals surface area (Å²) in [6.45, 7) is 6.23. The second kappa shape index (κ2) is 7.47. The predicted molar refractivity (Wildman–Crippen MR) is 98.7 cm³/mol. The number of benzene rings is 2. The first-order valence-electron chi connectivity index (χ1n) is 8.09. The number of hydrogen-bond acceptors (Lipinski definition) is 4. The van der Waals surface area contributed by atoms with Gasteiger partial charge in [0, 0.05) is 5.56 Å². The van der Waals surface area contributed by atoms with Gasteiger partial charge in [0.1, 0.15) is 17.2 Å². The average Bonchev–Trinajstić information content (AvgIpc) is 2.55. The van der Waals surface area contributed by atoms with E-state index in [1.165, 1.54) is 0 Å². The summed E-state index contributed by atoms with van der Waals surface area (Å²) in [6.07, 6.45) is 0.111. The zero-order valence-corrected chi connectivity index (χ0v) is 15.3. The van der Waals surface area contributed by atoms with Crippen LogP contribution in [0.2, 0.25) is 0 Å². The van der Waals surface area contributed by atoms with Crippen molar-refractivity contribution < 1.29 is 19.4 Å². The standard InChI is InChI=1S/C20H25NO4/c1-20(2,3)14-6-8-17(22)16(12-14)21-19(23)11-13-10-15(24-4)7-9-18(13)25-5/h6-10,12,22H,11H2,1-5H3,(H,21,23). The average molecular weight is 343 g/mol. The Morgan fingerprint density at radius 1 is 1.08 bits per heavy atom. The van der Waals surface area contributed by atoms with Crippen LogP contribution in [0.1, 0.15) is 31.9 Å². The van der Waals surface area contributed by atoms with E-state index in [1.54, 1.807) is 44.6 Å². The van der Waals surface area contributed by atoms with Crippen molar-refractivity contribution in [2.45, 2.75) is 32.6 Å². The summed E-state index contributed by atoms with van der Waals surface area (Å²) in [4.78, 5) is 12.4. The number of anilines is 1. The van der Waals surface area contributed by atoms with Crippen LogP contribution in [-0.2, 0) is 16.6 Å². The lowest BCUT2D eigenvalue weighted by molar-refractivity contribution is -0.115. The number of carbonyl (C=O) groups excluding carboxylic acids is 1. The highest BCUT2D eigenvalue weighted by Crippen LogP contribution is 2.31. The van der Waals surface area contributed by atoms with Gasteiger partial charge in [-0.05, 0) is 41.3 Å². The number of phenolic OH excluding ortho intramolecular Hbond substituents is 1. The Morgan fingerprint density at radius 3 is 2.40 bits per heavy atom. The minimum absolute atomic E-state index is 0.0407. The molecule has 0 aromatic heterocycles. The smallest absolute Gasteiger partial charge is 0.229 e. The van der Waals surface area contributed by atoms with Crippen LogP contribution in [0, 0.1) is 0 Å². The van der Waals surface area contributed by atoms with Crippen molar-refractivity contribution in [2.75, 3.05) is 19.5 Å². The summed E-state index contributed by atoms with van der Waals surface area (Å²) in [5.41, 5.74) is 2.06. The maximum absolute atomic E-state index is 12.4. The molecule has 0 aliphatic carbocycles. The zero-order valence-electron chi connectivity index (χ0n) is 15.3. The first-order valence-corrected chi connectivity index (χ1v) is 8.09. The predicted octanol–water partition coefficient (Wildman–Crippen LogP) is 3.89. The highest BCUT2D eigenvalue weighted by molar-refractivity contribution is 5.94. The summed E-state index contributed by atoms with van der Waals surface area (Å²) >= 11 is 0. The van der Waals surface area contributed by atoms with Crippen molar-refractivity contribution in [1.82, 2.24) is 0 Å². The fraction of sp³-hybridized carbons (Fsp3) is 0.350. The number of phenols is 1. The molecule has 0 unspecified atom stereocenters. The van der Waals surface area contributed by atoms with E-state index in [0.29, 0.717) is 22.7 Å². The van der Waals surface area contributed by atoms with E-state index in [1.807, 2.05) is 6.07 Å². The topological polar surface area (TPSA) is 67.8 Å². The molecule has 2 N–H and O–H groups in total. The minimum Gasteiger partial charge on any atom is -0.506 e. The fourth-order valence-corrected chi connectivity index (χ4v) is 2.49. The molecule has 1 amide bonds. The molecule has 0 fully saturated rings. The molecular formula is C20H25NO4. The monoisotopic (exact) mass is 343 g/mol. The third kappa shape index (κ3) is 4.66. The van der Waals surface area contributed by atoms with Gasteiger partial charge in [-0.15, -0.1) is 0 Å². The molecule has 5 nitrogen and oxygen atoms in total. The quantitative estimate of drug-likeness (QED) is 0.808. The Labute approximate surface area is 148 Å². The van der Waals surface area contributed by atoms with Crippen LogP contribution < -0.4 is 14.8 Å². The van der Waals surface area contributed by atoms with Crippen LogP contribution >= 0.6 is 0 Å². The lowest BCUT2D eigenvalue weighted by atomic mass is 9.87. The van der Waals surface area contributed by atoms with Crippen molar-refractivity contribution in [3.8, 4) is 17.2 Å². The Kier molecular flexibility index (Phi) is 5.57. The number of aromatic hydroxyl groups is 1. The maximum Gasteiger partial charge on any atom is 0.229 e. The van der Waals surface area contributed by atoms with Gasteiger partial charge >= 0.3 is 0 Å². The van der Waals surface area contributed by atoms with Gasteiger partial charge in [0.2, 0.25) is 5.91 Å². The van der Waals surface area contributed by atoms with E-state index in [4.69, 9.17) is 9.47 Å². The highest BCUT2D eigenvalue weighted by Gasteiger charge is 2.17. The van der Waals surface area contributed by atoms with Crippen LogP contribution in [0.25, 0.3) is 0 Å². The van der Waals surface area contributed by atoms with Crippen LogP contribution in [-0.4, -0.2) is 25.2 Å². The van der Waals surface area contributed by atoms with E-state index < -0.39 is 0 Å². The summed E-state index contributed by atoms with van der Waals surface area (Å²) < 4.78 is 10.5. The zero-order chi connectivity index (χ0) is 18.6. The second-order valence-corrected chi connectivity index (χ2v) is 6.88. The fourth-order valence-electron chi connectivity index (χ4n) is 2.49. The molecule has 0 spiro atoms. The van der Waals surface area contributed by atoms with Crippen LogP contribution in [0.15, 0.2) is 36.4 Å². The Hall–Kier alpha value is -2.69. The van der Waals surface area contributed by atoms with Gasteiger partial charge < -0.3 is 19.9 Å². The molecule has 0 saturated carbocycles. The number of carbonyl (C=O) groups is 1. The lowest BCUT2D eigenvalue weighted by Crippen LogP contribution is -2.17. The summed E-state index contributed by atoms with van der Waals surface area (Å²) in [5.74, 6) is 1.07. The molecular weight excluding hydrogens is 318 g/mol. The second-order valence-electron chi connectivity index (χ2n) is 6.88. The summed E-state index contributed by atoms with van der Waals surface area (Å²) in [5, 5.41) is 12.8. The molecule has 134 valence electrons. The number of nitrogens with one attached hydrogen (secondary N) is 1. The molecule has 5 heteroatoms. The Balaban J connectivity index is 2.21. The van der Waals surface area contributed by atoms with E-state index in [9.17, 15) is 9.90 Å². The van der Waals surface area contributed by atoms with E-state index in [2.05, 4.69) is 26.1 Å². The van der Waals surface area contributed by atoms with Crippen molar-refractivity contribution in [3.63, 3.8) is 0 Å². The molecule has 25 heavy (non-hydrogen) atoms. The van der Waals surface area contributed by atoms with Crippen molar-refractivity contribution in [2.24, 2.45) is 0 Å². The lowest BCUT2D eigenvalue weighted by Gasteiger charge is -2.20. The maximum atomic E-state index is 12.4. The van der Waals surface area contributed by atoms with Crippen LogP contribution in [0.4, 0.5) is 5.69 Å². The molecule has 0 heterocycles. The number of rotatable bonds is 5. The SMILES string of the molecule is COc1ccc(OC)c(CC(=O)Nc2cc(C(C)(C)C)ccc2O)c1. The molecule has 0 radical (unpaired) electrons. The van der Waals surface area contributed by atoms with Gasteiger partial charge in [-0.2, -0.15) is 0 Å². The van der Waals surface area contributed by atoms with Gasteiger partial charge in [-0.25, -0.2) is 0 Å². The molecule has 0 atom stereocenters. The summed E-state index contributed by atoms with van der Waals surface area (Å²) in [7, 11) is 3.13. The highest BCUT2D eigenvalue weighted by atomic mass is 16.5. The normalized spacial score (nSPS) is 11.1. The molecule has 2 aromatic carbocycles. The molecule has 0 aliphatic heterocycles. The van der Waals surface area contributed by atoms with Gasteiger partial charge in [0.15, 0.2) is 0 Å². The first kappa shape index (κ1) is 18.6. The summed E-state index contributed by atoms with van der Waals surface area (Å²) in [6, 6.07) is 10.6. The van der Waals surface area contributed by atoms with Gasteiger partial charge in [-0.1, -0.05) is 26.8 Å².